The van der Waals surface area contributed by atoms with Crippen molar-refractivity contribution >= 4 is 23.3 Å². The van der Waals surface area contributed by atoms with Gasteiger partial charge in [-0.3, -0.25) is 14.6 Å². The predicted octanol–water partition coefficient (Wildman–Crippen LogP) is 1.81. The van der Waals surface area contributed by atoms with Crippen LogP contribution in [0.25, 0.3) is 6.08 Å². The zero-order chi connectivity index (χ0) is 16.8. The van der Waals surface area contributed by atoms with E-state index in [2.05, 4.69) is 4.99 Å². The maximum atomic E-state index is 12.5. The van der Waals surface area contributed by atoms with E-state index in [-0.39, 0.29) is 22.9 Å². The molecule has 1 aliphatic rings. The average molecular weight is 340 g/mol. The molecule has 0 radical (unpaired) electrons. The van der Waals surface area contributed by atoms with Crippen LogP contribution in [0.4, 0.5) is 13.2 Å². The number of carbonyl (C=O) groups excluding carboxylic acids is 1. The fourth-order valence-electron chi connectivity index (χ4n) is 2.28. The molecule has 1 aromatic carbocycles. The van der Waals surface area contributed by atoms with Gasteiger partial charge >= 0.3 is 6.18 Å². The zero-order valence-corrected chi connectivity index (χ0v) is 12.7. The van der Waals surface area contributed by atoms with E-state index >= 15 is 0 Å². The number of hydrogen-bond donors (Lipinski definition) is 0. The lowest BCUT2D eigenvalue weighted by molar-refractivity contribution is -0.137. The van der Waals surface area contributed by atoms with Crippen molar-refractivity contribution in [2.24, 2.45) is 4.99 Å². The summed E-state index contributed by atoms with van der Waals surface area (Å²) in [5, 5.41) is 0. The van der Waals surface area contributed by atoms with Gasteiger partial charge in [0, 0.05) is 6.42 Å². The number of rotatable bonds is 1. The number of fused-ring (bicyclic) bond motifs is 1. The fraction of sp³-hybridized carbons (Fsp3) is 0.267. The minimum atomic E-state index is -4.40. The second-order valence-corrected chi connectivity index (χ2v) is 6.24. The number of hydrogen-bond acceptors (Lipinski definition) is 4. The molecule has 0 saturated carbocycles. The van der Waals surface area contributed by atoms with Crippen LogP contribution in [0.15, 0.2) is 34.1 Å². The van der Waals surface area contributed by atoms with Crippen LogP contribution in [-0.2, 0) is 6.18 Å². The highest BCUT2D eigenvalue weighted by atomic mass is 32.1. The van der Waals surface area contributed by atoms with E-state index in [1.165, 1.54) is 18.2 Å². The van der Waals surface area contributed by atoms with E-state index in [1.54, 1.807) is 6.92 Å². The normalized spacial score (nSPS) is 18.7. The SMILES string of the molecule is C[C@H]1CC(=O)n2c(s/c(=C/c3ccc(C(F)(F)F)cc3)c2=O)=N1. The van der Waals surface area contributed by atoms with Gasteiger partial charge in [-0.05, 0) is 30.7 Å². The van der Waals surface area contributed by atoms with Crippen molar-refractivity contribution < 1.29 is 18.0 Å². The fourth-order valence-corrected chi connectivity index (χ4v) is 3.36. The summed E-state index contributed by atoms with van der Waals surface area (Å²) in [5.74, 6) is -0.309. The lowest BCUT2D eigenvalue weighted by atomic mass is 10.1. The van der Waals surface area contributed by atoms with Crippen LogP contribution >= 0.6 is 11.3 Å². The van der Waals surface area contributed by atoms with Gasteiger partial charge in [0.25, 0.3) is 5.56 Å². The van der Waals surface area contributed by atoms with Crippen molar-refractivity contribution in [3.05, 3.63) is 55.1 Å². The van der Waals surface area contributed by atoms with Crippen LogP contribution in [0.3, 0.4) is 0 Å². The molecule has 120 valence electrons. The molecule has 23 heavy (non-hydrogen) atoms. The van der Waals surface area contributed by atoms with Crippen LogP contribution in [-0.4, -0.2) is 16.5 Å². The molecule has 1 aliphatic heterocycles. The van der Waals surface area contributed by atoms with E-state index in [4.69, 9.17) is 0 Å². The summed E-state index contributed by atoms with van der Waals surface area (Å²) in [5.41, 5.74) is -0.781. The Hall–Kier alpha value is -2.22. The topological polar surface area (TPSA) is 51.4 Å². The van der Waals surface area contributed by atoms with Gasteiger partial charge in [-0.1, -0.05) is 23.5 Å². The number of nitrogens with zero attached hydrogens (tertiary/aromatic N) is 2. The van der Waals surface area contributed by atoms with Crippen LogP contribution in [0.2, 0.25) is 0 Å². The third-order valence-corrected chi connectivity index (χ3v) is 4.38. The zero-order valence-electron chi connectivity index (χ0n) is 11.9. The first-order valence-corrected chi connectivity index (χ1v) is 7.59. The van der Waals surface area contributed by atoms with Crippen molar-refractivity contribution in [1.82, 2.24) is 4.57 Å². The molecule has 3 rings (SSSR count). The van der Waals surface area contributed by atoms with Gasteiger partial charge in [0.1, 0.15) is 0 Å². The molecule has 0 fully saturated rings. The maximum Gasteiger partial charge on any atom is 0.416 e. The third-order valence-electron chi connectivity index (χ3n) is 3.39. The molecule has 1 atom stereocenters. The van der Waals surface area contributed by atoms with Gasteiger partial charge in [-0.15, -0.1) is 0 Å². The highest BCUT2D eigenvalue weighted by Gasteiger charge is 2.29. The molecule has 2 aromatic rings. The molecule has 0 saturated heterocycles. The summed E-state index contributed by atoms with van der Waals surface area (Å²) in [4.78, 5) is 28.7. The molecule has 0 N–H and O–H groups in total. The summed E-state index contributed by atoms with van der Waals surface area (Å²) >= 11 is 1.06. The quantitative estimate of drug-likeness (QED) is 0.795. The molecule has 1 aromatic heterocycles. The summed E-state index contributed by atoms with van der Waals surface area (Å²) in [6.07, 6.45) is -2.77. The average Bonchev–Trinajstić information content (AvgIpc) is 2.74. The standard InChI is InChI=1S/C15H11F3N2O2S/c1-8-6-12(21)20-13(22)11(23-14(20)19-8)7-9-2-4-10(5-3-9)15(16,17)18/h2-5,7-8H,6H2,1H3/b11-7+/t8-/m0/s1. The molecule has 4 nitrogen and oxygen atoms in total. The summed E-state index contributed by atoms with van der Waals surface area (Å²) < 4.78 is 38.9. The molecular weight excluding hydrogens is 329 g/mol. The van der Waals surface area contributed by atoms with Crippen molar-refractivity contribution in [3.63, 3.8) is 0 Å². The molecule has 0 unspecified atom stereocenters. The first-order chi connectivity index (χ1) is 10.8. The Kier molecular flexibility index (Phi) is 3.71. The Morgan fingerprint density at radius 1 is 1.26 bits per heavy atom. The minimum Gasteiger partial charge on any atom is -0.274 e. The second-order valence-electron chi connectivity index (χ2n) is 5.23. The van der Waals surface area contributed by atoms with Gasteiger partial charge in [0.2, 0.25) is 5.91 Å². The van der Waals surface area contributed by atoms with E-state index in [0.29, 0.717) is 10.4 Å². The van der Waals surface area contributed by atoms with Gasteiger partial charge in [-0.2, -0.15) is 13.2 Å². The summed E-state index contributed by atoms with van der Waals surface area (Å²) in [6.45, 7) is 1.78. The van der Waals surface area contributed by atoms with Crippen molar-refractivity contribution in [3.8, 4) is 0 Å². The van der Waals surface area contributed by atoms with Crippen LogP contribution in [0.1, 0.15) is 29.3 Å². The van der Waals surface area contributed by atoms with Crippen LogP contribution in [0.5, 0.6) is 0 Å². The first-order valence-electron chi connectivity index (χ1n) is 6.77. The monoisotopic (exact) mass is 340 g/mol. The second kappa shape index (κ2) is 5.45. The van der Waals surface area contributed by atoms with Gasteiger partial charge in [0.15, 0.2) is 4.80 Å². The number of halogens is 3. The molecule has 2 heterocycles. The lowest BCUT2D eigenvalue weighted by Crippen LogP contribution is -2.40. The smallest absolute Gasteiger partial charge is 0.274 e. The Labute approximate surface area is 132 Å². The van der Waals surface area contributed by atoms with E-state index in [1.807, 2.05) is 0 Å². The number of thiazole rings is 1. The van der Waals surface area contributed by atoms with Crippen LogP contribution < -0.4 is 14.9 Å². The molecule has 0 aliphatic carbocycles. The Bertz CT molecular complexity index is 939. The first kappa shape index (κ1) is 15.7. The Morgan fingerprint density at radius 3 is 2.52 bits per heavy atom. The van der Waals surface area contributed by atoms with Crippen LogP contribution in [0, 0.1) is 0 Å². The van der Waals surface area contributed by atoms with Gasteiger partial charge < -0.3 is 0 Å². The molecular formula is C15H11F3N2O2S. The van der Waals surface area contributed by atoms with Crippen molar-refractivity contribution in [2.75, 3.05) is 0 Å². The highest BCUT2D eigenvalue weighted by Crippen LogP contribution is 2.29. The van der Waals surface area contributed by atoms with Gasteiger partial charge in [-0.25, -0.2) is 4.57 Å². The largest absolute Gasteiger partial charge is 0.416 e. The third kappa shape index (κ3) is 2.98. The predicted molar refractivity (Wildman–Crippen MR) is 79.1 cm³/mol. The Balaban J connectivity index is 2.09. The lowest BCUT2D eigenvalue weighted by Gasteiger charge is -2.09. The number of benzene rings is 1. The molecule has 8 heteroatoms. The summed E-state index contributed by atoms with van der Waals surface area (Å²) in [7, 11) is 0. The highest BCUT2D eigenvalue weighted by molar-refractivity contribution is 7.07. The summed E-state index contributed by atoms with van der Waals surface area (Å²) in [6, 6.07) is 4.29. The van der Waals surface area contributed by atoms with Crippen molar-refractivity contribution in [1.29, 1.82) is 0 Å². The van der Waals surface area contributed by atoms with E-state index in [9.17, 15) is 22.8 Å². The van der Waals surface area contributed by atoms with Gasteiger partial charge in [0.05, 0.1) is 16.1 Å². The van der Waals surface area contributed by atoms with E-state index < -0.39 is 17.3 Å². The minimum absolute atomic E-state index is 0.170. The van der Waals surface area contributed by atoms with E-state index in [0.717, 1.165) is 28.0 Å². The Morgan fingerprint density at radius 2 is 1.91 bits per heavy atom. The molecule has 0 bridgehead atoms. The maximum absolute atomic E-state index is 12.5. The molecule has 0 amide bonds. The number of carbonyl (C=O) groups is 1. The van der Waals surface area contributed by atoms with Crippen molar-refractivity contribution in [2.45, 2.75) is 25.6 Å². The number of aromatic nitrogens is 1. The number of alkyl halides is 3. The molecule has 0 spiro atoms.